The molecule has 0 heterocycles. The van der Waals surface area contributed by atoms with Crippen molar-refractivity contribution >= 4 is 0 Å². The summed E-state index contributed by atoms with van der Waals surface area (Å²) >= 11 is 0. The minimum absolute atomic E-state index is 0.458. The Hall–Kier alpha value is -0.640. The van der Waals surface area contributed by atoms with Gasteiger partial charge in [-0.25, -0.2) is 0 Å². The number of hydrogen-bond acceptors (Lipinski definition) is 3. The van der Waals surface area contributed by atoms with Crippen molar-refractivity contribution in [1.82, 2.24) is 0 Å². The minimum atomic E-state index is -0.958. The maximum atomic E-state index is 9.28. The van der Waals surface area contributed by atoms with Gasteiger partial charge < -0.3 is 15.3 Å². The van der Waals surface area contributed by atoms with E-state index >= 15 is 0 Å². The first kappa shape index (κ1) is 8.46. The molecule has 3 heteroatoms. The summed E-state index contributed by atoms with van der Waals surface area (Å²) in [5.74, 6) is 0. The van der Waals surface area contributed by atoms with E-state index < -0.39 is 18.3 Å². The van der Waals surface area contributed by atoms with Crippen LogP contribution in [0, 0.1) is 0 Å². The SMILES string of the molecule is C[C@@H](O)C1=CC=C[C@H](O)[C@@H]1O. The van der Waals surface area contributed by atoms with E-state index in [0.717, 1.165) is 0 Å². The van der Waals surface area contributed by atoms with Crippen LogP contribution in [0.2, 0.25) is 0 Å². The van der Waals surface area contributed by atoms with Crippen molar-refractivity contribution in [1.29, 1.82) is 0 Å². The second-order valence-corrected chi connectivity index (χ2v) is 2.66. The van der Waals surface area contributed by atoms with Crippen LogP contribution in [0.15, 0.2) is 23.8 Å². The molecule has 0 aromatic carbocycles. The van der Waals surface area contributed by atoms with E-state index in [1.807, 2.05) is 0 Å². The summed E-state index contributed by atoms with van der Waals surface area (Å²) in [4.78, 5) is 0. The summed E-state index contributed by atoms with van der Waals surface area (Å²) in [6.45, 7) is 1.56. The summed E-state index contributed by atoms with van der Waals surface area (Å²) in [6.07, 6.45) is 2.17. The molecular formula is C8H12O3. The first-order valence-electron chi connectivity index (χ1n) is 3.55. The highest BCUT2D eigenvalue weighted by molar-refractivity contribution is 5.27. The average Bonchev–Trinajstić information content (AvgIpc) is 1.94. The van der Waals surface area contributed by atoms with Crippen LogP contribution in [-0.4, -0.2) is 33.6 Å². The quantitative estimate of drug-likeness (QED) is 0.483. The number of allylic oxidation sites excluding steroid dienone is 2. The smallest absolute Gasteiger partial charge is 0.107 e. The molecule has 0 spiro atoms. The lowest BCUT2D eigenvalue weighted by Crippen LogP contribution is -2.32. The van der Waals surface area contributed by atoms with Crippen molar-refractivity contribution in [2.75, 3.05) is 0 Å². The molecule has 0 saturated carbocycles. The van der Waals surface area contributed by atoms with Gasteiger partial charge in [-0.3, -0.25) is 0 Å². The van der Waals surface area contributed by atoms with Gasteiger partial charge in [-0.2, -0.15) is 0 Å². The summed E-state index contributed by atoms with van der Waals surface area (Å²) in [6, 6.07) is 0. The van der Waals surface area contributed by atoms with Gasteiger partial charge in [0, 0.05) is 0 Å². The molecule has 62 valence electrons. The lowest BCUT2D eigenvalue weighted by Gasteiger charge is -2.22. The molecule has 1 aliphatic carbocycles. The Morgan fingerprint density at radius 2 is 2.09 bits per heavy atom. The van der Waals surface area contributed by atoms with Gasteiger partial charge in [0.05, 0.1) is 6.10 Å². The van der Waals surface area contributed by atoms with Crippen LogP contribution in [0.25, 0.3) is 0 Å². The third-order valence-electron chi connectivity index (χ3n) is 1.74. The first-order chi connectivity index (χ1) is 5.13. The first-order valence-corrected chi connectivity index (χ1v) is 3.55. The van der Waals surface area contributed by atoms with Gasteiger partial charge >= 0.3 is 0 Å². The van der Waals surface area contributed by atoms with E-state index in [1.54, 1.807) is 19.1 Å². The second kappa shape index (κ2) is 3.17. The molecule has 3 atom stereocenters. The molecule has 0 saturated heterocycles. The largest absolute Gasteiger partial charge is 0.389 e. The fraction of sp³-hybridized carbons (Fsp3) is 0.500. The average molecular weight is 156 g/mol. The zero-order valence-electron chi connectivity index (χ0n) is 6.31. The number of hydrogen-bond donors (Lipinski definition) is 3. The van der Waals surface area contributed by atoms with Gasteiger partial charge in [0.25, 0.3) is 0 Å². The molecule has 1 rings (SSSR count). The van der Waals surface area contributed by atoms with Gasteiger partial charge in [0.15, 0.2) is 0 Å². The fourth-order valence-corrected chi connectivity index (χ4v) is 1.07. The molecule has 3 nitrogen and oxygen atoms in total. The Kier molecular flexibility index (Phi) is 2.44. The summed E-state index contributed by atoms with van der Waals surface area (Å²) in [5.41, 5.74) is 0.458. The van der Waals surface area contributed by atoms with E-state index in [2.05, 4.69) is 0 Å². The van der Waals surface area contributed by atoms with Crippen molar-refractivity contribution in [3.05, 3.63) is 23.8 Å². The maximum absolute atomic E-state index is 9.28. The highest BCUT2D eigenvalue weighted by atomic mass is 16.3. The molecular weight excluding hydrogens is 144 g/mol. The Balaban J connectivity index is 2.78. The van der Waals surface area contributed by atoms with Crippen LogP contribution in [0.3, 0.4) is 0 Å². The Morgan fingerprint density at radius 3 is 2.55 bits per heavy atom. The summed E-state index contributed by atoms with van der Waals surface area (Å²) in [5, 5.41) is 27.5. The van der Waals surface area contributed by atoms with Gasteiger partial charge in [-0.15, -0.1) is 0 Å². The molecule has 0 amide bonds. The monoisotopic (exact) mass is 156 g/mol. The van der Waals surface area contributed by atoms with Gasteiger partial charge in [0.2, 0.25) is 0 Å². The van der Waals surface area contributed by atoms with Crippen molar-refractivity contribution < 1.29 is 15.3 Å². The molecule has 0 aliphatic heterocycles. The van der Waals surface area contributed by atoms with E-state index in [1.165, 1.54) is 6.08 Å². The van der Waals surface area contributed by atoms with Crippen LogP contribution in [0.1, 0.15) is 6.92 Å². The zero-order chi connectivity index (χ0) is 8.43. The van der Waals surface area contributed by atoms with E-state index in [-0.39, 0.29) is 0 Å². The maximum Gasteiger partial charge on any atom is 0.107 e. The van der Waals surface area contributed by atoms with Gasteiger partial charge in [0.1, 0.15) is 12.2 Å². The topological polar surface area (TPSA) is 60.7 Å². The fourth-order valence-electron chi connectivity index (χ4n) is 1.07. The standard InChI is InChI=1S/C8H12O3/c1-5(9)6-3-2-4-7(10)8(6)11/h2-5,7-11H,1H3/t5-,7+,8-/m1/s1. The summed E-state index contributed by atoms with van der Waals surface area (Å²) < 4.78 is 0. The molecule has 0 aromatic rings. The zero-order valence-corrected chi connectivity index (χ0v) is 6.31. The summed E-state index contributed by atoms with van der Waals surface area (Å²) in [7, 11) is 0. The molecule has 3 N–H and O–H groups in total. The Bertz CT molecular complexity index is 194. The highest BCUT2D eigenvalue weighted by Crippen LogP contribution is 2.16. The van der Waals surface area contributed by atoms with Gasteiger partial charge in [-0.1, -0.05) is 18.2 Å². The van der Waals surface area contributed by atoms with Crippen molar-refractivity contribution in [3.8, 4) is 0 Å². The molecule has 11 heavy (non-hydrogen) atoms. The van der Waals surface area contributed by atoms with Crippen LogP contribution < -0.4 is 0 Å². The highest BCUT2D eigenvalue weighted by Gasteiger charge is 2.23. The predicted molar refractivity (Wildman–Crippen MR) is 40.9 cm³/mol. The Labute approximate surface area is 65.3 Å². The van der Waals surface area contributed by atoms with Crippen molar-refractivity contribution in [3.63, 3.8) is 0 Å². The predicted octanol–water partition coefficient (Wildman–Crippen LogP) is -0.415. The molecule has 0 fully saturated rings. The third-order valence-corrected chi connectivity index (χ3v) is 1.74. The van der Waals surface area contributed by atoms with E-state index in [0.29, 0.717) is 5.57 Å². The molecule has 0 unspecified atom stereocenters. The molecule has 1 aliphatic rings. The minimum Gasteiger partial charge on any atom is -0.389 e. The van der Waals surface area contributed by atoms with Crippen LogP contribution in [-0.2, 0) is 0 Å². The number of rotatable bonds is 1. The van der Waals surface area contributed by atoms with Crippen LogP contribution in [0.5, 0.6) is 0 Å². The molecule has 0 radical (unpaired) electrons. The third kappa shape index (κ3) is 1.68. The van der Waals surface area contributed by atoms with E-state index in [9.17, 15) is 5.11 Å². The van der Waals surface area contributed by atoms with E-state index in [4.69, 9.17) is 10.2 Å². The molecule has 0 bridgehead atoms. The Morgan fingerprint density at radius 1 is 1.45 bits per heavy atom. The van der Waals surface area contributed by atoms with Crippen LogP contribution >= 0.6 is 0 Å². The molecule has 0 aromatic heterocycles. The van der Waals surface area contributed by atoms with Crippen LogP contribution in [0.4, 0.5) is 0 Å². The lowest BCUT2D eigenvalue weighted by molar-refractivity contribution is 0.0539. The number of aliphatic hydroxyl groups is 3. The second-order valence-electron chi connectivity index (χ2n) is 2.66. The number of aliphatic hydroxyl groups excluding tert-OH is 3. The normalized spacial score (nSPS) is 33.3. The van der Waals surface area contributed by atoms with Crippen molar-refractivity contribution in [2.24, 2.45) is 0 Å². The lowest BCUT2D eigenvalue weighted by atomic mass is 9.96. The van der Waals surface area contributed by atoms with Crippen molar-refractivity contribution in [2.45, 2.75) is 25.2 Å². The van der Waals surface area contributed by atoms with Gasteiger partial charge in [-0.05, 0) is 12.5 Å².